The van der Waals surface area contributed by atoms with Gasteiger partial charge in [0, 0.05) is 12.2 Å². The lowest BCUT2D eigenvalue weighted by atomic mass is 9.94. The summed E-state index contributed by atoms with van der Waals surface area (Å²) >= 11 is 0. The Morgan fingerprint density at radius 2 is 1.82 bits per heavy atom. The van der Waals surface area contributed by atoms with E-state index in [1.807, 2.05) is 62.4 Å². The summed E-state index contributed by atoms with van der Waals surface area (Å²) in [6.45, 7) is 4.83. The summed E-state index contributed by atoms with van der Waals surface area (Å²) in [7, 11) is 0. The molecule has 0 aliphatic carbocycles. The highest BCUT2D eigenvalue weighted by Crippen LogP contribution is 2.38. The molecule has 2 N–H and O–H groups in total. The highest BCUT2D eigenvalue weighted by Gasteiger charge is 2.34. The van der Waals surface area contributed by atoms with E-state index in [1.54, 1.807) is 16.8 Å². The van der Waals surface area contributed by atoms with Crippen LogP contribution in [0.2, 0.25) is 0 Å². The van der Waals surface area contributed by atoms with Crippen molar-refractivity contribution < 1.29 is 18.7 Å². The fourth-order valence-electron chi connectivity index (χ4n) is 4.39. The zero-order valence-corrected chi connectivity index (χ0v) is 21.1. The highest BCUT2D eigenvalue weighted by atomic mass is 19.1. The molecule has 1 aliphatic rings. The molecule has 1 aliphatic heterocycles. The van der Waals surface area contributed by atoms with Gasteiger partial charge in [-0.25, -0.2) is 9.07 Å². The molecule has 194 valence electrons. The van der Waals surface area contributed by atoms with Crippen LogP contribution in [0.1, 0.15) is 36.6 Å². The summed E-state index contributed by atoms with van der Waals surface area (Å²) in [4.78, 5) is 17.8. The molecule has 8 nitrogen and oxygen atoms in total. The number of carbonyl (C=O) groups is 1. The second-order valence-electron chi connectivity index (χ2n) is 8.82. The fraction of sp³-hybridized carbons (Fsp3) is 0.207. The molecule has 0 bridgehead atoms. The van der Waals surface area contributed by atoms with Crippen LogP contribution in [0.4, 0.5) is 10.3 Å². The fourth-order valence-corrected chi connectivity index (χ4v) is 4.39. The molecule has 0 unspecified atom stereocenters. The minimum Gasteiger partial charge on any atom is -0.490 e. The zero-order valence-electron chi connectivity index (χ0n) is 21.1. The summed E-state index contributed by atoms with van der Waals surface area (Å²) in [5.74, 6) is 1.12. The molecule has 1 atom stereocenters. The average molecular weight is 514 g/mol. The van der Waals surface area contributed by atoms with Gasteiger partial charge in [-0.05, 0) is 54.8 Å². The minimum absolute atomic E-state index is 0.209. The van der Waals surface area contributed by atoms with Crippen LogP contribution in [-0.2, 0) is 17.9 Å². The van der Waals surface area contributed by atoms with Crippen LogP contribution in [0.15, 0.2) is 90.4 Å². The monoisotopic (exact) mass is 513 g/mol. The van der Waals surface area contributed by atoms with E-state index in [4.69, 9.17) is 9.47 Å². The lowest BCUT2D eigenvalue weighted by Crippen LogP contribution is -2.34. The summed E-state index contributed by atoms with van der Waals surface area (Å²) < 4.78 is 26.9. The predicted octanol–water partition coefficient (Wildman–Crippen LogP) is 5.00. The molecule has 0 fully saturated rings. The SMILES string of the molecule is CCOc1cc([C@@H]2C(C(=O)NCc3ccccc3)=C(C)Nc3ncnn32)ccc1OCc1ccc(F)cc1. The lowest BCUT2D eigenvalue weighted by Gasteiger charge is -2.29. The van der Waals surface area contributed by atoms with Gasteiger partial charge in [0.2, 0.25) is 5.95 Å². The second-order valence-corrected chi connectivity index (χ2v) is 8.82. The van der Waals surface area contributed by atoms with E-state index in [2.05, 4.69) is 20.7 Å². The van der Waals surface area contributed by atoms with Crippen LogP contribution in [0, 0.1) is 5.82 Å². The number of benzene rings is 3. The number of anilines is 1. The number of carbonyl (C=O) groups excluding carboxylic acids is 1. The van der Waals surface area contributed by atoms with Gasteiger partial charge in [0.1, 0.15) is 24.8 Å². The number of nitrogens with zero attached hydrogens (tertiary/aromatic N) is 3. The summed E-state index contributed by atoms with van der Waals surface area (Å²) in [5.41, 5.74) is 3.85. The maximum atomic E-state index is 13.5. The third-order valence-corrected chi connectivity index (χ3v) is 6.23. The predicted molar refractivity (Wildman–Crippen MR) is 141 cm³/mol. The van der Waals surface area contributed by atoms with Crippen molar-refractivity contribution in [1.29, 1.82) is 0 Å². The molecular formula is C29H28FN5O3. The molecule has 3 aromatic carbocycles. The lowest BCUT2D eigenvalue weighted by molar-refractivity contribution is -0.118. The number of aromatic nitrogens is 3. The maximum Gasteiger partial charge on any atom is 0.251 e. The molecule has 38 heavy (non-hydrogen) atoms. The number of nitrogens with one attached hydrogen (secondary N) is 2. The molecule has 9 heteroatoms. The normalized spacial score (nSPS) is 14.4. The summed E-state index contributed by atoms with van der Waals surface area (Å²) in [5, 5.41) is 10.6. The minimum atomic E-state index is -0.533. The van der Waals surface area contributed by atoms with Crippen LogP contribution < -0.4 is 20.1 Å². The van der Waals surface area contributed by atoms with E-state index in [-0.39, 0.29) is 18.3 Å². The van der Waals surface area contributed by atoms with Gasteiger partial charge in [-0.15, -0.1) is 0 Å². The van der Waals surface area contributed by atoms with Crippen LogP contribution >= 0.6 is 0 Å². The number of hydrogen-bond donors (Lipinski definition) is 2. The Labute approximate surface area is 220 Å². The van der Waals surface area contributed by atoms with Gasteiger partial charge >= 0.3 is 0 Å². The van der Waals surface area contributed by atoms with Crippen molar-refractivity contribution in [3.05, 3.63) is 113 Å². The Morgan fingerprint density at radius 1 is 1.03 bits per heavy atom. The van der Waals surface area contributed by atoms with Gasteiger partial charge in [-0.1, -0.05) is 48.5 Å². The Kier molecular flexibility index (Phi) is 7.35. The molecule has 1 amide bonds. The molecule has 2 heterocycles. The van der Waals surface area contributed by atoms with Crippen LogP contribution in [0.5, 0.6) is 11.5 Å². The first kappa shape index (κ1) is 25.0. The number of rotatable bonds is 9. The standard InChI is InChI=1S/C29H28FN5O3/c1-3-37-25-15-22(11-14-24(25)38-17-21-9-12-23(30)13-10-21)27-26(19(2)34-29-32-18-33-35(27)29)28(36)31-16-20-7-5-4-6-8-20/h4-15,18,27H,3,16-17H2,1-2H3,(H,31,36)(H,32,33,34)/t27-/m1/s1. The topological polar surface area (TPSA) is 90.3 Å². The number of fused-ring (bicyclic) bond motifs is 1. The van der Waals surface area contributed by atoms with Gasteiger partial charge in [0.05, 0.1) is 12.2 Å². The Hall–Kier alpha value is -4.66. The van der Waals surface area contributed by atoms with Crippen molar-refractivity contribution >= 4 is 11.9 Å². The third-order valence-electron chi connectivity index (χ3n) is 6.23. The molecule has 0 saturated carbocycles. The quantitative estimate of drug-likeness (QED) is 0.327. The Balaban J connectivity index is 1.44. The molecule has 4 aromatic rings. The first-order chi connectivity index (χ1) is 18.5. The average Bonchev–Trinajstić information content (AvgIpc) is 3.40. The van der Waals surface area contributed by atoms with Crippen molar-refractivity contribution in [2.24, 2.45) is 0 Å². The molecular weight excluding hydrogens is 485 g/mol. The molecule has 0 spiro atoms. The third kappa shape index (κ3) is 5.36. The van der Waals surface area contributed by atoms with Gasteiger partial charge in [-0.2, -0.15) is 10.1 Å². The van der Waals surface area contributed by atoms with Gasteiger partial charge < -0.3 is 20.1 Å². The Bertz CT molecular complexity index is 1450. The largest absolute Gasteiger partial charge is 0.490 e. The van der Waals surface area contributed by atoms with E-state index in [0.717, 1.165) is 16.7 Å². The van der Waals surface area contributed by atoms with Crippen LogP contribution in [0.3, 0.4) is 0 Å². The second kappa shape index (κ2) is 11.2. The van der Waals surface area contributed by atoms with Crippen LogP contribution in [0.25, 0.3) is 0 Å². The molecule has 0 radical (unpaired) electrons. The van der Waals surface area contributed by atoms with Crippen molar-refractivity contribution in [1.82, 2.24) is 20.1 Å². The number of ether oxygens (including phenoxy) is 2. The van der Waals surface area contributed by atoms with Gasteiger partial charge in [-0.3, -0.25) is 4.79 Å². The van der Waals surface area contributed by atoms with Gasteiger partial charge in [0.15, 0.2) is 11.5 Å². The van der Waals surface area contributed by atoms with E-state index in [1.165, 1.54) is 18.5 Å². The summed E-state index contributed by atoms with van der Waals surface area (Å²) in [6, 6.07) is 20.9. The molecule has 1 aromatic heterocycles. The van der Waals surface area contributed by atoms with E-state index in [0.29, 0.717) is 41.9 Å². The van der Waals surface area contributed by atoms with E-state index >= 15 is 0 Å². The zero-order chi connectivity index (χ0) is 26.5. The number of hydrogen-bond acceptors (Lipinski definition) is 6. The van der Waals surface area contributed by atoms with E-state index in [9.17, 15) is 9.18 Å². The van der Waals surface area contributed by atoms with Crippen molar-refractivity contribution in [3.63, 3.8) is 0 Å². The van der Waals surface area contributed by atoms with E-state index < -0.39 is 6.04 Å². The maximum absolute atomic E-state index is 13.5. The van der Waals surface area contributed by atoms with Gasteiger partial charge in [0.25, 0.3) is 5.91 Å². The smallest absolute Gasteiger partial charge is 0.251 e. The Morgan fingerprint density at radius 3 is 2.58 bits per heavy atom. The van der Waals surface area contributed by atoms with Crippen LogP contribution in [-0.4, -0.2) is 27.3 Å². The van der Waals surface area contributed by atoms with Crippen molar-refractivity contribution in [3.8, 4) is 11.5 Å². The molecule has 0 saturated heterocycles. The summed E-state index contributed by atoms with van der Waals surface area (Å²) in [6.07, 6.45) is 1.46. The first-order valence-corrected chi connectivity index (χ1v) is 12.4. The highest BCUT2D eigenvalue weighted by molar-refractivity contribution is 5.96. The number of allylic oxidation sites excluding steroid dienone is 1. The number of halogens is 1. The van der Waals surface area contributed by atoms with Crippen molar-refractivity contribution in [2.75, 3.05) is 11.9 Å². The molecule has 5 rings (SSSR count). The first-order valence-electron chi connectivity index (χ1n) is 12.4. The van der Waals surface area contributed by atoms with Crippen molar-refractivity contribution in [2.45, 2.75) is 33.0 Å². The number of amides is 1.